The first-order chi connectivity index (χ1) is 8.24. The quantitative estimate of drug-likeness (QED) is 0.822. The molecule has 1 rings (SSSR count). The Morgan fingerprint density at radius 3 is 2.61 bits per heavy atom. The van der Waals surface area contributed by atoms with Gasteiger partial charge in [0.1, 0.15) is 18.2 Å². The summed E-state index contributed by atoms with van der Waals surface area (Å²) in [5, 5.41) is 10.0. The van der Waals surface area contributed by atoms with E-state index < -0.39 is 11.4 Å². The molecule has 0 amide bonds. The number of benzene rings is 1. The van der Waals surface area contributed by atoms with Crippen LogP contribution in [0.5, 0.6) is 5.75 Å². The minimum absolute atomic E-state index is 0.00756. The van der Waals surface area contributed by atoms with Crippen LogP contribution >= 0.6 is 0 Å². The van der Waals surface area contributed by atoms with E-state index in [1.165, 1.54) is 19.1 Å². The Morgan fingerprint density at radius 2 is 2.11 bits per heavy atom. The van der Waals surface area contributed by atoms with Gasteiger partial charge in [-0.15, -0.1) is 0 Å². The minimum atomic E-state index is -1.03. The predicted molar refractivity (Wildman–Crippen MR) is 67.4 cm³/mol. The molecule has 0 heterocycles. The average Bonchev–Trinajstić information content (AvgIpc) is 2.26. The molecule has 1 N–H and O–H groups in total. The normalized spacial score (nSPS) is 14.4. The van der Waals surface area contributed by atoms with Gasteiger partial charge in [0.05, 0.1) is 11.2 Å². The van der Waals surface area contributed by atoms with Crippen molar-refractivity contribution in [1.29, 1.82) is 0 Å². The molecule has 0 spiro atoms. The van der Waals surface area contributed by atoms with Crippen LogP contribution < -0.4 is 4.74 Å². The molecule has 0 radical (unpaired) electrons. The fourth-order valence-electron chi connectivity index (χ4n) is 1.30. The first-order valence-corrected chi connectivity index (χ1v) is 5.89. The third-order valence-corrected chi connectivity index (χ3v) is 3.09. The highest BCUT2D eigenvalue weighted by Crippen LogP contribution is 2.23. The van der Waals surface area contributed by atoms with E-state index in [-0.39, 0.29) is 24.1 Å². The van der Waals surface area contributed by atoms with E-state index in [2.05, 4.69) is 0 Å². The third-order valence-electron chi connectivity index (χ3n) is 3.09. The summed E-state index contributed by atoms with van der Waals surface area (Å²) < 4.78 is 18.5. The van der Waals surface area contributed by atoms with Gasteiger partial charge in [0.2, 0.25) is 0 Å². The van der Waals surface area contributed by atoms with E-state index in [4.69, 9.17) is 4.74 Å². The van der Waals surface area contributed by atoms with Crippen molar-refractivity contribution in [1.82, 2.24) is 0 Å². The second kappa shape index (κ2) is 5.48. The van der Waals surface area contributed by atoms with E-state index in [9.17, 15) is 14.3 Å². The maximum Gasteiger partial charge on any atom is 0.163 e. The molecule has 18 heavy (non-hydrogen) atoms. The highest BCUT2D eigenvalue weighted by atomic mass is 19.1. The van der Waals surface area contributed by atoms with Gasteiger partial charge < -0.3 is 9.84 Å². The van der Waals surface area contributed by atoms with Gasteiger partial charge in [0.15, 0.2) is 5.78 Å². The molecule has 1 aromatic rings. The molecule has 4 heteroatoms. The van der Waals surface area contributed by atoms with Gasteiger partial charge in [-0.05, 0) is 31.9 Å². The summed E-state index contributed by atoms with van der Waals surface area (Å²) in [4.78, 5) is 11.4. The summed E-state index contributed by atoms with van der Waals surface area (Å²) in [5.74, 6) is -0.511. The van der Waals surface area contributed by atoms with Gasteiger partial charge >= 0.3 is 0 Å². The van der Waals surface area contributed by atoms with Crippen LogP contribution in [0.4, 0.5) is 4.39 Å². The van der Waals surface area contributed by atoms with Gasteiger partial charge in [-0.25, -0.2) is 4.39 Å². The predicted octanol–water partition coefficient (Wildman–Crippen LogP) is 2.81. The average molecular weight is 254 g/mol. The molecule has 3 nitrogen and oxygen atoms in total. The van der Waals surface area contributed by atoms with Crippen LogP contribution in [0.25, 0.3) is 0 Å². The Balaban J connectivity index is 2.90. The van der Waals surface area contributed by atoms with Gasteiger partial charge in [-0.3, -0.25) is 4.79 Å². The molecule has 0 aromatic heterocycles. The molecular weight excluding hydrogens is 235 g/mol. The van der Waals surface area contributed by atoms with E-state index in [0.29, 0.717) is 5.56 Å². The number of halogens is 1. The molecule has 0 aliphatic carbocycles. The van der Waals surface area contributed by atoms with Crippen LogP contribution in [0.2, 0.25) is 0 Å². The lowest BCUT2D eigenvalue weighted by molar-refractivity contribution is -0.0268. The van der Waals surface area contributed by atoms with Crippen LogP contribution in [0, 0.1) is 11.7 Å². The number of ketones is 1. The number of ether oxygens (including phenoxy) is 1. The summed E-state index contributed by atoms with van der Waals surface area (Å²) in [7, 11) is 0. The van der Waals surface area contributed by atoms with Gasteiger partial charge in [0.25, 0.3) is 0 Å². The number of Topliss-reactive ketones (excluding diaryl/α,β-unsaturated/α-hetero) is 1. The van der Waals surface area contributed by atoms with E-state index in [1.807, 2.05) is 13.8 Å². The van der Waals surface area contributed by atoms with Crippen molar-refractivity contribution < 1.29 is 19.0 Å². The van der Waals surface area contributed by atoms with E-state index in [0.717, 1.165) is 6.07 Å². The van der Waals surface area contributed by atoms with Crippen molar-refractivity contribution in [3.8, 4) is 5.75 Å². The van der Waals surface area contributed by atoms with Crippen molar-refractivity contribution in [2.45, 2.75) is 33.3 Å². The zero-order valence-electron chi connectivity index (χ0n) is 11.2. The van der Waals surface area contributed by atoms with E-state index in [1.54, 1.807) is 6.92 Å². The number of hydrogen-bond donors (Lipinski definition) is 1. The van der Waals surface area contributed by atoms with Crippen LogP contribution in [-0.4, -0.2) is 23.1 Å². The minimum Gasteiger partial charge on any atom is -0.490 e. The lowest BCUT2D eigenvalue weighted by Gasteiger charge is -2.27. The molecule has 0 saturated heterocycles. The number of hydrogen-bond acceptors (Lipinski definition) is 3. The van der Waals surface area contributed by atoms with Crippen LogP contribution in [0.3, 0.4) is 0 Å². The number of carbonyl (C=O) groups excluding carboxylic acids is 1. The standard InChI is InChI=1S/C14H19FO3/c1-9(2)14(4,17)8-18-13-7-11(15)5-6-12(13)10(3)16/h5-7,9,17H,8H2,1-4H3. The monoisotopic (exact) mass is 254 g/mol. The number of carbonyl (C=O) groups is 1. The van der Waals surface area contributed by atoms with Crippen molar-refractivity contribution >= 4 is 5.78 Å². The molecule has 1 unspecified atom stereocenters. The molecule has 0 aliphatic heterocycles. The molecule has 0 aliphatic rings. The fraction of sp³-hybridized carbons (Fsp3) is 0.500. The summed E-state index contributed by atoms with van der Waals surface area (Å²) in [6.45, 7) is 6.77. The topological polar surface area (TPSA) is 46.5 Å². The second-order valence-corrected chi connectivity index (χ2v) is 5.00. The Hall–Kier alpha value is -1.42. The zero-order valence-corrected chi connectivity index (χ0v) is 11.2. The van der Waals surface area contributed by atoms with Crippen LogP contribution in [0.1, 0.15) is 38.1 Å². The zero-order chi connectivity index (χ0) is 13.9. The summed E-state index contributed by atoms with van der Waals surface area (Å²) >= 11 is 0. The lowest BCUT2D eigenvalue weighted by atomic mass is 9.94. The Kier molecular flexibility index (Phi) is 4.46. The molecular formula is C14H19FO3. The first kappa shape index (κ1) is 14.6. The maximum absolute atomic E-state index is 13.1. The molecule has 1 atom stereocenters. The Bertz CT molecular complexity index is 439. The molecule has 0 saturated carbocycles. The summed E-state index contributed by atoms with van der Waals surface area (Å²) in [6.07, 6.45) is 0. The maximum atomic E-state index is 13.1. The first-order valence-electron chi connectivity index (χ1n) is 5.89. The molecule has 1 aromatic carbocycles. The Morgan fingerprint density at radius 1 is 1.50 bits per heavy atom. The largest absolute Gasteiger partial charge is 0.490 e. The summed E-state index contributed by atoms with van der Waals surface area (Å²) in [6, 6.07) is 3.76. The van der Waals surface area contributed by atoms with Crippen molar-refractivity contribution in [3.05, 3.63) is 29.6 Å². The van der Waals surface area contributed by atoms with Crippen LogP contribution in [0.15, 0.2) is 18.2 Å². The summed E-state index contributed by atoms with van der Waals surface area (Å²) in [5.41, 5.74) is -0.712. The smallest absolute Gasteiger partial charge is 0.163 e. The van der Waals surface area contributed by atoms with Crippen molar-refractivity contribution in [2.75, 3.05) is 6.61 Å². The van der Waals surface area contributed by atoms with Crippen molar-refractivity contribution in [3.63, 3.8) is 0 Å². The molecule has 100 valence electrons. The highest BCUT2D eigenvalue weighted by Gasteiger charge is 2.26. The van der Waals surface area contributed by atoms with E-state index >= 15 is 0 Å². The fourth-order valence-corrected chi connectivity index (χ4v) is 1.30. The lowest BCUT2D eigenvalue weighted by Crippen LogP contribution is -2.38. The van der Waals surface area contributed by atoms with Gasteiger partial charge in [-0.1, -0.05) is 13.8 Å². The van der Waals surface area contributed by atoms with Gasteiger partial charge in [0, 0.05) is 6.07 Å². The number of rotatable bonds is 5. The third kappa shape index (κ3) is 3.53. The van der Waals surface area contributed by atoms with Crippen LogP contribution in [-0.2, 0) is 0 Å². The van der Waals surface area contributed by atoms with Gasteiger partial charge in [-0.2, -0.15) is 0 Å². The van der Waals surface area contributed by atoms with Crippen molar-refractivity contribution in [2.24, 2.45) is 5.92 Å². The molecule has 0 bridgehead atoms. The Labute approximate surface area is 107 Å². The number of aliphatic hydroxyl groups is 1. The second-order valence-electron chi connectivity index (χ2n) is 5.00. The highest BCUT2D eigenvalue weighted by molar-refractivity contribution is 5.96. The SMILES string of the molecule is CC(=O)c1ccc(F)cc1OCC(C)(O)C(C)C. The molecule has 0 fully saturated rings.